The number of hydrogen-bond donors (Lipinski definition) is 4. The maximum Gasteiger partial charge on any atom is 0.122 e. The molecule has 21 heavy (non-hydrogen) atoms. The van der Waals surface area contributed by atoms with Gasteiger partial charge in [-0.2, -0.15) is 0 Å². The molecule has 1 aliphatic heterocycles. The van der Waals surface area contributed by atoms with Crippen LogP contribution in [0, 0.1) is 0 Å². The van der Waals surface area contributed by atoms with Gasteiger partial charge in [0.2, 0.25) is 0 Å². The van der Waals surface area contributed by atoms with E-state index in [1.54, 1.807) is 18.2 Å². The molecule has 1 saturated heterocycles. The lowest BCUT2D eigenvalue weighted by molar-refractivity contribution is 0.469. The third-order valence-corrected chi connectivity index (χ3v) is 4.04. The van der Waals surface area contributed by atoms with E-state index in [0.717, 1.165) is 24.2 Å². The predicted molar refractivity (Wildman–Crippen MR) is 86.3 cm³/mol. The van der Waals surface area contributed by atoms with Gasteiger partial charge in [-0.15, -0.1) is 0 Å². The number of anilines is 2. The minimum atomic E-state index is 0.235. The molecule has 1 aliphatic rings. The lowest BCUT2D eigenvalue weighted by Gasteiger charge is -2.18. The third-order valence-electron chi connectivity index (χ3n) is 4.04. The highest BCUT2D eigenvalue weighted by molar-refractivity contribution is 5.58. The second kappa shape index (κ2) is 6.06. The standard InChI is InChI=1S/C17H21N3O/c18-14-6-3-9-17(21)13(14)11-20-16-7-2-1-5-12(16)15-8-4-10-19-15/h1-3,5-7,9,15,19-21H,4,8,10-11,18H2. The number of rotatable bonds is 4. The summed E-state index contributed by atoms with van der Waals surface area (Å²) in [5.74, 6) is 0.235. The molecule has 1 atom stereocenters. The average molecular weight is 283 g/mol. The molecule has 4 nitrogen and oxygen atoms in total. The van der Waals surface area contributed by atoms with Gasteiger partial charge in [0.25, 0.3) is 0 Å². The summed E-state index contributed by atoms with van der Waals surface area (Å²) in [5.41, 5.74) is 9.66. The first-order valence-corrected chi connectivity index (χ1v) is 7.38. The van der Waals surface area contributed by atoms with Crippen LogP contribution < -0.4 is 16.4 Å². The number of aromatic hydroxyl groups is 1. The van der Waals surface area contributed by atoms with Crippen molar-refractivity contribution in [3.8, 4) is 5.75 Å². The van der Waals surface area contributed by atoms with Crippen LogP contribution in [0.5, 0.6) is 5.75 Å². The van der Waals surface area contributed by atoms with Crippen LogP contribution in [0.4, 0.5) is 11.4 Å². The molecule has 0 aliphatic carbocycles. The zero-order valence-corrected chi connectivity index (χ0v) is 12.0. The summed E-state index contributed by atoms with van der Waals surface area (Å²) in [5, 5.41) is 16.8. The summed E-state index contributed by atoms with van der Waals surface area (Å²) in [6.45, 7) is 1.59. The molecule has 1 unspecified atom stereocenters. The molecule has 0 aromatic heterocycles. The first-order chi connectivity index (χ1) is 10.3. The number of para-hydroxylation sites is 1. The van der Waals surface area contributed by atoms with Crippen molar-refractivity contribution in [3.05, 3.63) is 53.6 Å². The van der Waals surface area contributed by atoms with E-state index in [4.69, 9.17) is 5.73 Å². The number of benzene rings is 2. The minimum absolute atomic E-state index is 0.235. The van der Waals surface area contributed by atoms with E-state index in [-0.39, 0.29) is 5.75 Å². The summed E-state index contributed by atoms with van der Waals surface area (Å²) in [6.07, 6.45) is 2.38. The van der Waals surface area contributed by atoms with Gasteiger partial charge in [0, 0.05) is 29.5 Å². The maximum absolute atomic E-state index is 9.92. The Morgan fingerprint density at radius 1 is 1.19 bits per heavy atom. The van der Waals surface area contributed by atoms with Crippen molar-refractivity contribution >= 4 is 11.4 Å². The Balaban J connectivity index is 1.79. The van der Waals surface area contributed by atoms with Gasteiger partial charge < -0.3 is 21.5 Å². The highest BCUT2D eigenvalue weighted by Gasteiger charge is 2.18. The van der Waals surface area contributed by atoms with Crippen molar-refractivity contribution in [3.63, 3.8) is 0 Å². The Kier molecular flexibility index (Phi) is 3.97. The second-order valence-electron chi connectivity index (χ2n) is 5.43. The summed E-state index contributed by atoms with van der Waals surface area (Å²) in [6, 6.07) is 14.0. The number of phenols is 1. The molecule has 0 spiro atoms. The topological polar surface area (TPSA) is 70.3 Å². The molecule has 2 aromatic rings. The van der Waals surface area contributed by atoms with E-state index < -0.39 is 0 Å². The normalized spacial score (nSPS) is 17.8. The number of hydrogen-bond acceptors (Lipinski definition) is 4. The number of nitrogens with two attached hydrogens (primary N) is 1. The van der Waals surface area contributed by atoms with E-state index >= 15 is 0 Å². The van der Waals surface area contributed by atoms with E-state index in [9.17, 15) is 5.11 Å². The molecule has 0 bridgehead atoms. The average Bonchev–Trinajstić information content (AvgIpc) is 3.01. The molecule has 0 amide bonds. The summed E-state index contributed by atoms with van der Waals surface area (Å²) >= 11 is 0. The Hall–Kier alpha value is -2.20. The number of nitrogens with one attached hydrogen (secondary N) is 2. The third kappa shape index (κ3) is 2.95. The van der Waals surface area contributed by atoms with Crippen molar-refractivity contribution in [1.29, 1.82) is 0 Å². The van der Waals surface area contributed by atoms with Crippen molar-refractivity contribution in [2.75, 3.05) is 17.6 Å². The van der Waals surface area contributed by atoms with Gasteiger partial charge in [-0.1, -0.05) is 24.3 Å². The second-order valence-corrected chi connectivity index (χ2v) is 5.43. The zero-order chi connectivity index (χ0) is 14.7. The van der Waals surface area contributed by atoms with Crippen molar-refractivity contribution in [2.24, 2.45) is 0 Å². The molecular weight excluding hydrogens is 262 g/mol. The van der Waals surface area contributed by atoms with Gasteiger partial charge in [-0.3, -0.25) is 0 Å². The van der Waals surface area contributed by atoms with Gasteiger partial charge in [0.1, 0.15) is 5.75 Å². The first-order valence-electron chi connectivity index (χ1n) is 7.38. The molecule has 4 heteroatoms. The van der Waals surface area contributed by atoms with Gasteiger partial charge in [-0.05, 0) is 43.1 Å². The summed E-state index contributed by atoms with van der Waals surface area (Å²) in [4.78, 5) is 0. The Labute approximate surface area is 125 Å². The molecule has 2 aromatic carbocycles. The summed E-state index contributed by atoms with van der Waals surface area (Å²) < 4.78 is 0. The molecule has 0 radical (unpaired) electrons. The lowest BCUT2D eigenvalue weighted by atomic mass is 10.0. The van der Waals surface area contributed by atoms with Gasteiger partial charge in [0.05, 0.1) is 0 Å². The van der Waals surface area contributed by atoms with Crippen LogP contribution in [0.3, 0.4) is 0 Å². The molecule has 1 fully saturated rings. The Morgan fingerprint density at radius 3 is 2.81 bits per heavy atom. The van der Waals surface area contributed by atoms with Gasteiger partial charge >= 0.3 is 0 Å². The SMILES string of the molecule is Nc1cccc(O)c1CNc1ccccc1C1CCCN1. The van der Waals surface area contributed by atoms with E-state index in [0.29, 0.717) is 18.3 Å². The Bertz CT molecular complexity index is 601. The highest BCUT2D eigenvalue weighted by Crippen LogP contribution is 2.30. The van der Waals surface area contributed by atoms with Crippen LogP contribution in [-0.4, -0.2) is 11.7 Å². The smallest absolute Gasteiger partial charge is 0.122 e. The Morgan fingerprint density at radius 2 is 2.05 bits per heavy atom. The van der Waals surface area contributed by atoms with Gasteiger partial charge in [-0.25, -0.2) is 0 Å². The quantitative estimate of drug-likeness (QED) is 0.651. The van der Waals surface area contributed by atoms with E-state index in [2.05, 4.69) is 28.8 Å². The van der Waals surface area contributed by atoms with E-state index in [1.807, 2.05) is 6.07 Å². The fourth-order valence-electron chi connectivity index (χ4n) is 2.88. The molecule has 1 heterocycles. The molecule has 5 N–H and O–H groups in total. The molecule has 110 valence electrons. The van der Waals surface area contributed by atoms with Crippen LogP contribution in [0.2, 0.25) is 0 Å². The van der Waals surface area contributed by atoms with E-state index in [1.165, 1.54) is 12.0 Å². The molecule has 0 saturated carbocycles. The van der Waals surface area contributed by atoms with Crippen LogP contribution in [0.1, 0.15) is 30.0 Å². The highest BCUT2D eigenvalue weighted by atomic mass is 16.3. The van der Waals surface area contributed by atoms with Crippen molar-refractivity contribution < 1.29 is 5.11 Å². The fraction of sp³-hybridized carbons (Fsp3) is 0.294. The molecule has 3 rings (SSSR count). The first kappa shape index (κ1) is 13.8. The predicted octanol–water partition coefficient (Wildman–Crippen LogP) is 3.01. The van der Waals surface area contributed by atoms with Crippen LogP contribution in [0.15, 0.2) is 42.5 Å². The zero-order valence-electron chi connectivity index (χ0n) is 12.0. The summed E-state index contributed by atoms with van der Waals surface area (Å²) in [7, 11) is 0. The van der Waals surface area contributed by atoms with Crippen LogP contribution >= 0.6 is 0 Å². The van der Waals surface area contributed by atoms with Crippen LogP contribution in [0.25, 0.3) is 0 Å². The fourth-order valence-corrected chi connectivity index (χ4v) is 2.88. The number of nitrogen functional groups attached to an aromatic ring is 1. The van der Waals surface area contributed by atoms with Crippen molar-refractivity contribution in [1.82, 2.24) is 5.32 Å². The van der Waals surface area contributed by atoms with Gasteiger partial charge in [0.15, 0.2) is 0 Å². The van der Waals surface area contributed by atoms with Crippen LogP contribution in [-0.2, 0) is 6.54 Å². The lowest BCUT2D eigenvalue weighted by Crippen LogP contribution is -2.15. The monoisotopic (exact) mass is 283 g/mol. The minimum Gasteiger partial charge on any atom is -0.508 e. The number of phenolic OH excluding ortho intramolecular Hbond substituents is 1. The molecular formula is C17H21N3O. The van der Waals surface area contributed by atoms with Crippen molar-refractivity contribution in [2.45, 2.75) is 25.4 Å². The maximum atomic E-state index is 9.92. The largest absolute Gasteiger partial charge is 0.508 e.